The third-order valence-corrected chi connectivity index (χ3v) is 11.9. The summed E-state index contributed by atoms with van der Waals surface area (Å²) in [5.74, 6) is 0.978. The summed E-state index contributed by atoms with van der Waals surface area (Å²) in [5, 5.41) is 16.8. The minimum Gasteiger partial charge on any atom is -0.453 e. The maximum absolute atomic E-state index is 13.9. The first-order valence-corrected chi connectivity index (χ1v) is 20.9. The number of aromatic nitrogens is 4. The average Bonchev–Trinajstić information content (AvgIpc) is 4.02. The van der Waals surface area contributed by atoms with E-state index in [9.17, 15) is 24.4 Å². The van der Waals surface area contributed by atoms with Crippen LogP contribution in [-0.2, 0) is 25.6 Å². The van der Waals surface area contributed by atoms with Gasteiger partial charge in [0, 0.05) is 18.2 Å². The molecule has 61 heavy (non-hydrogen) atoms. The van der Waals surface area contributed by atoms with Gasteiger partial charge >= 0.3 is 12.2 Å². The van der Waals surface area contributed by atoms with Gasteiger partial charge < -0.3 is 39.9 Å². The van der Waals surface area contributed by atoms with Gasteiger partial charge in [0.25, 0.3) is 0 Å². The quantitative estimate of drug-likeness (QED) is 0.0876. The molecule has 3 aromatic carbocycles. The summed E-state index contributed by atoms with van der Waals surface area (Å²) in [5.41, 5.74) is 5.74. The number of hydrogen-bond donors (Lipinski definition) is 4. The van der Waals surface area contributed by atoms with Gasteiger partial charge in [-0.3, -0.25) is 9.59 Å². The maximum Gasteiger partial charge on any atom is 0.407 e. The molecule has 318 valence electrons. The van der Waals surface area contributed by atoms with Crippen LogP contribution in [0.2, 0.25) is 0 Å². The van der Waals surface area contributed by atoms with E-state index in [1.807, 2.05) is 50.1 Å². The number of amides is 4. The zero-order valence-electron chi connectivity index (χ0n) is 35.2. The van der Waals surface area contributed by atoms with Gasteiger partial charge in [-0.05, 0) is 77.1 Å². The number of alkyl carbamates (subject to hydrolysis) is 2. The summed E-state index contributed by atoms with van der Waals surface area (Å²) >= 11 is 0. The van der Waals surface area contributed by atoms with E-state index in [0.717, 1.165) is 76.5 Å². The number of nitriles is 1. The molecule has 2 bridgehead atoms. The number of rotatable bonds is 14. The largest absolute Gasteiger partial charge is 0.453 e. The molecule has 3 heterocycles. The lowest BCUT2D eigenvalue weighted by atomic mass is 9.87. The summed E-state index contributed by atoms with van der Waals surface area (Å²) in [6, 6.07) is 21.0. The Balaban J connectivity index is 1.04. The highest BCUT2D eigenvalue weighted by Gasteiger charge is 2.49. The van der Waals surface area contributed by atoms with E-state index in [2.05, 4.69) is 74.1 Å². The van der Waals surface area contributed by atoms with Crippen LogP contribution in [0.1, 0.15) is 77.0 Å². The fourth-order valence-corrected chi connectivity index (χ4v) is 8.81. The predicted molar refractivity (Wildman–Crippen MR) is 229 cm³/mol. The summed E-state index contributed by atoms with van der Waals surface area (Å²) < 4.78 is 9.49. The molecule has 1 aliphatic carbocycles. The van der Waals surface area contributed by atoms with Crippen LogP contribution < -0.4 is 10.6 Å². The first-order valence-electron chi connectivity index (χ1n) is 20.9. The average molecular weight is 828 g/mol. The van der Waals surface area contributed by atoms with Crippen LogP contribution in [0.15, 0.2) is 73.1 Å². The Hall–Kier alpha value is -6.69. The van der Waals surface area contributed by atoms with Crippen LogP contribution >= 0.6 is 0 Å². The molecule has 1 saturated heterocycles. The Morgan fingerprint density at radius 3 is 2.20 bits per heavy atom. The maximum atomic E-state index is 13.9. The molecular weight excluding hydrogens is 775 g/mol. The summed E-state index contributed by atoms with van der Waals surface area (Å²) in [6.45, 7) is 6.57. The highest BCUT2D eigenvalue weighted by molar-refractivity contribution is 5.91. The van der Waals surface area contributed by atoms with E-state index >= 15 is 0 Å². The molecule has 2 aliphatic rings. The fourth-order valence-electron chi connectivity index (χ4n) is 8.81. The number of hydrogen-bond acceptors (Lipinski definition) is 9. The number of aromatic amines is 2. The third-order valence-electron chi connectivity index (χ3n) is 11.9. The number of benzene rings is 3. The normalized spacial score (nSPS) is 18.0. The Morgan fingerprint density at radius 2 is 1.51 bits per heavy atom. The first-order chi connectivity index (χ1) is 29.5. The van der Waals surface area contributed by atoms with Gasteiger partial charge in [0.15, 0.2) is 0 Å². The standard InChI is InChI=1S/C46H53N9O6/c1-6-20-54(44(57)40(27(2)3)53-46(59)61-5)26-39-48-24-37(50-39)29-12-10-28(11-13-29)30-14-15-32-22-33(17-16-31(32)21-30)38-25-49-42(51-38)41-34-8-7-9-35(23-34)55(41)43(56)36(18-19-47)52-45(58)60-4/h10-17,21-22,24-25,27,34-36,40-41H,6-9,18,20,23,26H2,1-5H3,(H,48,50)(H,49,51)(H,52,58)(H,53,59)/t34-,35+,36-,40-,41-/m0/s1. The SMILES string of the molecule is CCCN(Cc1ncc(-c2ccc(-c3ccc4cc(-c5cnc([C@@H]6[C@H]7CCC[C@H](C7)N6C(=O)[C@H](CC#N)NC(=O)OC)[nH]5)ccc4c3)cc2)[nH]1)C(=O)[C@@H](NC(=O)OC)C(C)C. The van der Waals surface area contributed by atoms with Gasteiger partial charge in [0.05, 0.1) is 63.1 Å². The smallest absolute Gasteiger partial charge is 0.407 e. The molecule has 4 N–H and O–H groups in total. The van der Waals surface area contributed by atoms with Crippen molar-refractivity contribution >= 4 is 34.8 Å². The van der Waals surface area contributed by atoms with Crippen molar-refractivity contribution < 1.29 is 28.7 Å². The molecule has 15 nitrogen and oxygen atoms in total. The number of H-pyrrole nitrogens is 2. The fraction of sp³-hybridized carbons (Fsp3) is 0.413. The van der Waals surface area contributed by atoms with Crippen molar-refractivity contribution in [3.63, 3.8) is 0 Å². The predicted octanol–water partition coefficient (Wildman–Crippen LogP) is 7.49. The molecule has 5 atom stereocenters. The zero-order chi connectivity index (χ0) is 43.2. The van der Waals surface area contributed by atoms with E-state index in [1.165, 1.54) is 14.2 Å². The van der Waals surface area contributed by atoms with Crippen molar-refractivity contribution in [1.82, 2.24) is 40.4 Å². The van der Waals surface area contributed by atoms with Crippen molar-refractivity contribution in [2.45, 2.75) is 90.0 Å². The van der Waals surface area contributed by atoms with Crippen LogP contribution in [-0.4, -0.2) is 92.6 Å². The molecule has 2 fully saturated rings. The zero-order valence-corrected chi connectivity index (χ0v) is 35.2. The van der Waals surface area contributed by atoms with Crippen molar-refractivity contribution in [2.75, 3.05) is 20.8 Å². The van der Waals surface area contributed by atoms with E-state index in [0.29, 0.717) is 18.2 Å². The molecule has 0 unspecified atom stereocenters. The molecule has 5 aromatic rings. The molecule has 2 aromatic heterocycles. The van der Waals surface area contributed by atoms with Gasteiger partial charge in [-0.1, -0.05) is 75.7 Å². The Bertz CT molecular complexity index is 2420. The minimum absolute atomic E-state index is 0.0167. The van der Waals surface area contributed by atoms with Gasteiger partial charge in [-0.15, -0.1) is 0 Å². The minimum atomic E-state index is -1.00. The number of imidazole rings is 2. The van der Waals surface area contributed by atoms with Crippen LogP contribution in [0.4, 0.5) is 9.59 Å². The molecule has 0 spiro atoms. The molecule has 4 amide bonds. The topological polar surface area (TPSA) is 198 Å². The van der Waals surface area contributed by atoms with Crippen LogP contribution in [0.25, 0.3) is 44.4 Å². The second kappa shape index (κ2) is 18.7. The van der Waals surface area contributed by atoms with Crippen molar-refractivity contribution in [2.24, 2.45) is 11.8 Å². The van der Waals surface area contributed by atoms with Crippen molar-refractivity contribution in [3.8, 4) is 39.7 Å². The number of carbonyl (C=O) groups is 4. The van der Waals surface area contributed by atoms with E-state index in [-0.39, 0.29) is 48.7 Å². The van der Waals surface area contributed by atoms with Gasteiger partial charge in [-0.2, -0.15) is 5.26 Å². The summed E-state index contributed by atoms with van der Waals surface area (Å²) in [7, 11) is 2.51. The Morgan fingerprint density at radius 1 is 0.869 bits per heavy atom. The number of fused-ring (bicyclic) bond motifs is 3. The molecular formula is C46H53N9O6. The van der Waals surface area contributed by atoms with Gasteiger partial charge in [0.1, 0.15) is 23.7 Å². The lowest BCUT2D eigenvalue weighted by molar-refractivity contribution is -0.137. The lowest BCUT2D eigenvalue weighted by Crippen LogP contribution is -2.51. The highest BCUT2D eigenvalue weighted by Crippen LogP contribution is 2.48. The van der Waals surface area contributed by atoms with Crippen LogP contribution in [0, 0.1) is 23.2 Å². The van der Waals surface area contributed by atoms with Gasteiger partial charge in [0.2, 0.25) is 11.8 Å². The van der Waals surface area contributed by atoms with Crippen molar-refractivity contribution in [1.29, 1.82) is 5.26 Å². The summed E-state index contributed by atoms with van der Waals surface area (Å²) in [6.07, 6.45) is 6.50. The lowest BCUT2D eigenvalue weighted by Gasteiger charge is -2.32. The highest BCUT2D eigenvalue weighted by atomic mass is 16.5. The summed E-state index contributed by atoms with van der Waals surface area (Å²) in [4.78, 5) is 71.3. The molecule has 15 heteroatoms. The van der Waals surface area contributed by atoms with E-state index < -0.39 is 24.3 Å². The molecule has 7 rings (SSSR count). The number of likely N-dealkylation sites (tertiary alicyclic amines) is 1. The molecule has 0 radical (unpaired) electrons. The Labute approximate surface area is 355 Å². The monoisotopic (exact) mass is 827 g/mol. The number of methoxy groups -OCH3 is 2. The second-order valence-corrected chi connectivity index (χ2v) is 16.2. The number of nitrogens with zero attached hydrogens (tertiary/aromatic N) is 5. The first kappa shape index (κ1) is 42.4. The van der Waals surface area contributed by atoms with Crippen molar-refractivity contribution in [3.05, 3.63) is 84.7 Å². The van der Waals surface area contributed by atoms with Crippen LogP contribution in [0.5, 0.6) is 0 Å². The van der Waals surface area contributed by atoms with Crippen LogP contribution in [0.3, 0.4) is 0 Å². The molecule has 1 aliphatic heterocycles. The number of carbonyl (C=O) groups excluding carboxylic acids is 4. The molecule has 1 saturated carbocycles. The second-order valence-electron chi connectivity index (χ2n) is 16.2. The van der Waals surface area contributed by atoms with Gasteiger partial charge in [-0.25, -0.2) is 19.6 Å². The third kappa shape index (κ3) is 9.23. The van der Waals surface area contributed by atoms with E-state index in [1.54, 1.807) is 11.1 Å². The Kier molecular flexibility index (Phi) is 13.0. The number of ether oxygens (including phenoxy) is 2. The van der Waals surface area contributed by atoms with E-state index in [4.69, 9.17) is 14.5 Å². The number of nitrogens with one attached hydrogen (secondary N) is 4.